The summed E-state index contributed by atoms with van der Waals surface area (Å²) in [4.78, 5) is 0. The Morgan fingerprint density at radius 3 is 2.71 bits per heavy atom. The number of hydrogen-bond donors (Lipinski definition) is 0. The quantitative estimate of drug-likeness (QED) is 0.688. The van der Waals surface area contributed by atoms with Gasteiger partial charge in [0.1, 0.15) is 0 Å². The topological polar surface area (TPSA) is 0 Å². The van der Waals surface area contributed by atoms with Gasteiger partial charge in [-0.2, -0.15) is 0 Å². The summed E-state index contributed by atoms with van der Waals surface area (Å²) in [5.41, 5.74) is 4.04. The summed E-state index contributed by atoms with van der Waals surface area (Å²) in [6, 6.07) is 8.51. The normalized spacial score (nSPS) is 21.8. The molecule has 84 valence electrons. The van der Waals surface area contributed by atoms with Gasteiger partial charge in [0.2, 0.25) is 0 Å². The molecule has 3 rings (SSSR count). The van der Waals surface area contributed by atoms with Crippen LogP contribution in [0.15, 0.2) is 70.8 Å². The van der Waals surface area contributed by atoms with Crippen LogP contribution in [0.4, 0.5) is 0 Å². The lowest BCUT2D eigenvalue weighted by molar-refractivity contribution is 0.782. The van der Waals surface area contributed by atoms with Gasteiger partial charge in [0, 0.05) is 10.4 Å². The molecule has 0 bridgehead atoms. The van der Waals surface area contributed by atoms with Crippen LogP contribution in [0.3, 0.4) is 0 Å². The third kappa shape index (κ3) is 2.20. The van der Waals surface area contributed by atoms with E-state index in [4.69, 9.17) is 0 Å². The van der Waals surface area contributed by atoms with Crippen LogP contribution in [-0.2, 0) is 0 Å². The van der Waals surface area contributed by atoms with Crippen LogP contribution in [0, 0.1) is 5.92 Å². The molecule has 1 unspecified atom stereocenters. The highest BCUT2D eigenvalue weighted by molar-refractivity contribution is 9.10. The van der Waals surface area contributed by atoms with E-state index in [2.05, 4.69) is 76.7 Å². The molecular formula is C16H13Br. The highest BCUT2D eigenvalue weighted by Gasteiger charge is 2.15. The molecule has 1 heteroatoms. The average molecular weight is 285 g/mol. The molecule has 17 heavy (non-hydrogen) atoms. The molecule has 0 heterocycles. The van der Waals surface area contributed by atoms with Crippen LogP contribution in [0.5, 0.6) is 0 Å². The second-order valence-electron chi connectivity index (χ2n) is 4.40. The Bertz CT molecular complexity index is 541. The lowest BCUT2D eigenvalue weighted by atomic mass is 9.84. The highest BCUT2D eigenvalue weighted by Crippen LogP contribution is 2.32. The Kier molecular flexibility index (Phi) is 2.86. The molecule has 0 radical (unpaired) electrons. The van der Waals surface area contributed by atoms with E-state index in [1.807, 2.05) is 0 Å². The number of rotatable bonds is 1. The van der Waals surface area contributed by atoms with Crippen molar-refractivity contribution in [2.45, 2.75) is 6.42 Å². The number of halogens is 1. The molecule has 2 aliphatic rings. The smallest absolute Gasteiger partial charge is 0.0175 e. The molecule has 0 spiro atoms. The van der Waals surface area contributed by atoms with Crippen molar-refractivity contribution in [1.82, 2.24) is 0 Å². The lowest BCUT2D eigenvalue weighted by Crippen LogP contribution is -2.05. The highest BCUT2D eigenvalue weighted by atomic mass is 79.9. The van der Waals surface area contributed by atoms with Gasteiger partial charge in [0.15, 0.2) is 0 Å². The molecule has 0 amide bonds. The Labute approximate surface area is 110 Å². The SMILES string of the molecule is Brc1ccc(C2=CC3CC=CC=C3C=C2)cc1. The first kappa shape index (κ1) is 10.8. The predicted octanol–water partition coefficient (Wildman–Crippen LogP) is 4.90. The third-order valence-electron chi connectivity index (χ3n) is 3.26. The maximum absolute atomic E-state index is 3.47. The molecule has 1 aromatic rings. The Hall–Kier alpha value is -1.34. The summed E-state index contributed by atoms with van der Waals surface area (Å²) in [7, 11) is 0. The molecule has 0 N–H and O–H groups in total. The monoisotopic (exact) mass is 284 g/mol. The van der Waals surface area contributed by atoms with Gasteiger partial charge in [-0.1, -0.05) is 64.5 Å². The number of fused-ring (bicyclic) bond motifs is 1. The van der Waals surface area contributed by atoms with Crippen molar-refractivity contribution in [3.8, 4) is 0 Å². The summed E-state index contributed by atoms with van der Waals surface area (Å²) < 4.78 is 1.13. The van der Waals surface area contributed by atoms with Crippen LogP contribution < -0.4 is 0 Å². The minimum absolute atomic E-state index is 0.559. The van der Waals surface area contributed by atoms with Crippen LogP contribution in [0.2, 0.25) is 0 Å². The van der Waals surface area contributed by atoms with Crippen LogP contribution >= 0.6 is 15.9 Å². The molecule has 0 saturated carbocycles. The van der Waals surface area contributed by atoms with Crippen molar-refractivity contribution < 1.29 is 0 Å². The first-order valence-corrected chi connectivity index (χ1v) is 6.65. The van der Waals surface area contributed by atoms with Gasteiger partial charge in [-0.05, 0) is 35.3 Å². The summed E-state index contributed by atoms with van der Waals surface area (Å²) in [6.07, 6.45) is 14.5. The zero-order valence-corrected chi connectivity index (χ0v) is 11.0. The van der Waals surface area contributed by atoms with E-state index in [-0.39, 0.29) is 0 Å². The van der Waals surface area contributed by atoms with Crippen LogP contribution in [0.25, 0.3) is 5.57 Å². The van der Waals surface area contributed by atoms with Crippen molar-refractivity contribution in [2.75, 3.05) is 0 Å². The number of hydrogen-bond acceptors (Lipinski definition) is 0. The second kappa shape index (κ2) is 4.50. The summed E-state index contributed by atoms with van der Waals surface area (Å²) in [5.74, 6) is 0.559. The first-order chi connectivity index (χ1) is 8.33. The standard InChI is InChI=1S/C16H13Br/c17-16-9-7-13(8-10-16)15-6-5-12-3-1-2-4-14(12)11-15/h1-3,5-11,14H,4H2. The van der Waals surface area contributed by atoms with E-state index in [9.17, 15) is 0 Å². The van der Waals surface area contributed by atoms with Gasteiger partial charge >= 0.3 is 0 Å². The second-order valence-corrected chi connectivity index (χ2v) is 5.31. The molecule has 1 atom stereocenters. The fourth-order valence-electron chi connectivity index (χ4n) is 2.30. The molecule has 1 aromatic carbocycles. The summed E-state index contributed by atoms with van der Waals surface area (Å²) in [6.45, 7) is 0. The summed E-state index contributed by atoms with van der Waals surface area (Å²) in [5, 5.41) is 0. The zero-order chi connectivity index (χ0) is 11.7. The molecule has 0 aromatic heterocycles. The molecule has 0 aliphatic heterocycles. The van der Waals surface area contributed by atoms with Gasteiger partial charge in [-0.15, -0.1) is 0 Å². The van der Waals surface area contributed by atoms with E-state index in [1.165, 1.54) is 16.7 Å². The first-order valence-electron chi connectivity index (χ1n) is 5.85. The number of allylic oxidation sites excluding steroid dienone is 8. The van der Waals surface area contributed by atoms with Gasteiger partial charge in [-0.3, -0.25) is 0 Å². The minimum atomic E-state index is 0.559. The average Bonchev–Trinajstić information content (AvgIpc) is 2.39. The van der Waals surface area contributed by atoms with E-state index in [0.717, 1.165) is 10.9 Å². The van der Waals surface area contributed by atoms with Crippen molar-refractivity contribution in [3.63, 3.8) is 0 Å². The van der Waals surface area contributed by atoms with Crippen molar-refractivity contribution >= 4 is 21.5 Å². The maximum Gasteiger partial charge on any atom is 0.0175 e. The van der Waals surface area contributed by atoms with Gasteiger partial charge in [0.05, 0.1) is 0 Å². The Morgan fingerprint density at radius 1 is 1.06 bits per heavy atom. The van der Waals surface area contributed by atoms with E-state index >= 15 is 0 Å². The predicted molar refractivity (Wildman–Crippen MR) is 76.6 cm³/mol. The van der Waals surface area contributed by atoms with E-state index in [0.29, 0.717) is 5.92 Å². The van der Waals surface area contributed by atoms with Crippen LogP contribution in [0.1, 0.15) is 12.0 Å². The van der Waals surface area contributed by atoms with E-state index < -0.39 is 0 Å². The molecule has 0 nitrogen and oxygen atoms in total. The van der Waals surface area contributed by atoms with Crippen molar-refractivity contribution in [3.05, 3.63) is 76.3 Å². The third-order valence-corrected chi connectivity index (χ3v) is 3.79. The minimum Gasteiger partial charge on any atom is -0.0836 e. The lowest BCUT2D eigenvalue weighted by Gasteiger charge is -2.21. The van der Waals surface area contributed by atoms with Gasteiger partial charge in [-0.25, -0.2) is 0 Å². The fourth-order valence-corrected chi connectivity index (χ4v) is 2.56. The van der Waals surface area contributed by atoms with E-state index in [1.54, 1.807) is 0 Å². The van der Waals surface area contributed by atoms with Crippen molar-refractivity contribution in [2.24, 2.45) is 5.92 Å². The van der Waals surface area contributed by atoms with Gasteiger partial charge in [0.25, 0.3) is 0 Å². The fraction of sp³-hybridized carbons (Fsp3) is 0.125. The van der Waals surface area contributed by atoms with Gasteiger partial charge < -0.3 is 0 Å². The number of benzene rings is 1. The maximum atomic E-state index is 3.47. The molecule has 0 fully saturated rings. The van der Waals surface area contributed by atoms with Crippen LogP contribution in [-0.4, -0.2) is 0 Å². The molecular weight excluding hydrogens is 272 g/mol. The Balaban J connectivity index is 1.94. The molecule has 2 aliphatic carbocycles. The largest absolute Gasteiger partial charge is 0.0836 e. The van der Waals surface area contributed by atoms with Crippen molar-refractivity contribution in [1.29, 1.82) is 0 Å². The Morgan fingerprint density at radius 2 is 1.88 bits per heavy atom. The summed E-state index contributed by atoms with van der Waals surface area (Å²) >= 11 is 3.47. The zero-order valence-electron chi connectivity index (χ0n) is 9.44. The molecule has 0 saturated heterocycles.